The minimum Gasteiger partial charge on any atom is -0.493 e. The number of halogens is 2. The van der Waals surface area contributed by atoms with Gasteiger partial charge in [0.15, 0.2) is 11.5 Å². The van der Waals surface area contributed by atoms with Gasteiger partial charge in [0.05, 0.1) is 14.2 Å². The van der Waals surface area contributed by atoms with Crippen LogP contribution in [0.3, 0.4) is 0 Å². The predicted molar refractivity (Wildman–Crippen MR) is 97.6 cm³/mol. The van der Waals surface area contributed by atoms with Crippen LogP contribution < -0.4 is 14.2 Å². The highest BCUT2D eigenvalue weighted by atomic mass is 79.9. The van der Waals surface area contributed by atoms with Crippen molar-refractivity contribution in [3.8, 4) is 11.5 Å². The van der Waals surface area contributed by atoms with Gasteiger partial charge in [-0.3, -0.25) is 0 Å². The van der Waals surface area contributed by atoms with E-state index in [0.717, 1.165) is 5.56 Å². The van der Waals surface area contributed by atoms with Gasteiger partial charge in [0, 0.05) is 22.1 Å². The molecule has 0 aliphatic carbocycles. The van der Waals surface area contributed by atoms with Crippen molar-refractivity contribution >= 4 is 37.6 Å². The number of ether oxygens (including phenoxy) is 2. The summed E-state index contributed by atoms with van der Waals surface area (Å²) >= 11 is 9.18. The van der Waals surface area contributed by atoms with Crippen molar-refractivity contribution in [3.05, 3.63) is 51.5 Å². The Kier molecular flexibility index (Phi) is 6.51. The van der Waals surface area contributed by atoms with E-state index >= 15 is 0 Å². The topological polar surface area (TPSA) is 64.6 Å². The van der Waals surface area contributed by atoms with Crippen LogP contribution in [0, 0.1) is 0 Å². The lowest BCUT2D eigenvalue weighted by Gasteiger charge is -2.13. The van der Waals surface area contributed by atoms with Crippen molar-refractivity contribution in [2.45, 2.75) is 11.3 Å². The van der Waals surface area contributed by atoms with Crippen molar-refractivity contribution in [2.75, 3.05) is 20.8 Å². The quantitative estimate of drug-likeness (QED) is 0.722. The van der Waals surface area contributed by atoms with E-state index in [1.165, 1.54) is 20.3 Å². The van der Waals surface area contributed by atoms with Gasteiger partial charge in [-0.2, -0.15) is 0 Å². The number of sulfonamides is 1. The minimum absolute atomic E-state index is 0.0891. The molecule has 0 heterocycles. The molecule has 0 aliphatic heterocycles. The molecule has 0 bridgehead atoms. The molecule has 8 heteroatoms. The molecule has 0 aromatic heterocycles. The fraction of sp³-hybridized carbons (Fsp3) is 0.250. The summed E-state index contributed by atoms with van der Waals surface area (Å²) in [5, 5.41) is 0.623. The SMILES string of the molecule is COc1cc(Br)c(S(=O)(=O)NCCc2cccc(Cl)c2)cc1OC. The Balaban J connectivity index is 2.15. The van der Waals surface area contributed by atoms with Crippen molar-refractivity contribution in [1.82, 2.24) is 4.72 Å². The predicted octanol–water partition coefficient (Wildman–Crippen LogP) is 3.64. The van der Waals surface area contributed by atoms with Gasteiger partial charge in [-0.15, -0.1) is 0 Å². The zero-order valence-electron chi connectivity index (χ0n) is 13.2. The molecule has 2 aromatic rings. The number of nitrogens with one attached hydrogen (secondary N) is 1. The molecule has 2 aromatic carbocycles. The Labute approximate surface area is 155 Å². The summed E-state index contributed by atoms with van der Waals surface area (Å²) in [6, 6.07) is 10.3. The van der Waals surface area contributed by atoms with Crippen LogP contribution in [0.5, 0.6) is 11.5 Å². The first-order valence-electron chi connectivity index (χ1n) is 7.03. The van der Waals surface area contributed by atoms with Gasteiger partial charge >= 0.3 is 0 Å². The lowest BCUT2D eigenvalue weighted by molar-refractivity contribution is 0.353. The van der Waals surface area contributed by atoms with Crippen LogP contribution >= 0.6 is 27.5 Å². The van der Waals surface area contributed by atoms with Gasteiger partial charge < -0.3 is 9.47 Å². The van der Waals surface area contributed by atoms with E-state index in [9.17, 15) is 8.42 Å². The number of benzene rings is 2. The van der Waals surface area contributed by atoms with Gasteiger partial charge in [0.1, 0.15) is 4.90 Å². The van der Waals surface area contributed by atoms with Crippen LogP contribution in [0.15, 0.2) is 45.8 Å². The van der Waals surface area contributed by atoms with Crippen LogP contribution in [0.4, 0.5) is 0 Å². The molecule has 5 nitrogen and oxygen atoms in total. The molecule has 0 fully saturated rings. The highest BCUT2D eigenvalue weighted by molar-refractivity contribution is 9.10. The summed E-state index contributed by atoms with van der Waals surface area (Å²) in [6.07, 6.45) is 0.532. The molecule has 0 aliphatic rings. The average Bonchev–Trinajstić information content (AvgIpc) is 2.54. The monoisotopic (exact) mass is 433 g/mol. The standard InChI is InChI=1S/C16H17BrClNO4S/c1-22-14-9-13(17)16(10-15(14)23-2)24(20,21)19-7-6-11-4-3-5-12(18)8-11/h3-5,8-10,19H,6-7H2,1-2H3. The van der Waals surface area contributed by atoms with Crippen molar-refractivity contribution in [1.29, 1.82) is 0 Å². The molecule has 0 unspecified atom stereocenters. The summed E-state index contributed by atoms with van der Waals surface area (Å²) in [6.45, 7) is 0.253. The molecule has 0 amide bonds. The lowest BCUT2D eigenvalue weighted by atomic mass is 10.2. The molecule has 0 radical (unpaired) electrons. The van der Waals surface area contributed by atoms with Crippen molar-refractivity contribution in [3.63, 3.8) is 0 Å². The third-order valence-electron chi connectivity index (χ3n) is 3.32. The number of hydrogen-bond donors (Lipinski definition) is 1. The largest absolute Gasteiger partial charge is 0.493 e. The zero-order chi connectivity index (χ0) is 17.7. The highest BCUT2D eigenvalue weighted by Gasteiger charge is 2.20. The number of hydrogen-bond acceptors (Lipinski definition) is 4. The second-order valence-corrected chi connectivity index (χ2v) is 7.94. The molecule has 0 saturated carbocycles. The maximum Gasteiger partial charge on any atom is 0.241 e. The molecule has 0 saturated heterocycles. The molecule has 1 N–H and O–H groups in total. The maximum absolute atomic E-state index is 12.5. The summed E-state index contributed by atoms with van der Waals surface area (Å²) in [7, 11) is -0.753. The third-order valence-corrected chi connectivity index (χ3v) is 5.98. The normalized spacial score (nSPS) is 11.3. The second-order valence-electron chi connectivity index (χ2n) is 4.92. The van der Waals surface area contributed by atoms with E-state index in [0.29, 0.717) is 27.4 Å². The van der Waals surface area contributed by atoms with Gasteiger partial charge in [-0.1, -0.05) is 23.7 Å². The Bertz CT molecular complexity index is 827. The summed E-state index contributed by atoms with van der Waals surface area (Å²) < 4.78 is 38.3. The second kappa shape index (κ2) is 8.20. The van der Waals surface area contributed by atoms with Crippen LogP contribution in [-0.2, 0) is 16.4 Å². The van der Waals surface area contributed by atoms with Gasteiger partial charge in [-0.25, -0.2) is 13.1 Å². The van der Waals surface area contributed by atoms with E-state index in [1.54, 1.807) is 12.1 Å². The van der Waals surface area contributed by atoms with Gasteiger partial charge in [0.2, 0.25) is 10.0 Å². The van der Waals surface area contributed by atoms with Crippen molar-refractivity contribution < 1.29 is 17.9 Å². The summed E-state index contributed by atoms with van der Waals surface area (Å²) in [4.78, 5) is 0.0891. The van der Waals surface area contributed by atoms with E-state index in [-0.39, 0.29) is 11.4 Å². The fourth-order valence-corrected chi connectivity index (χ4v) is 4.42. The molecule has 0 atom stereocenters. The average molecular weight is 435 g/mol. The van der Waals surface area contributed by atoms with Crippen LogP contribution in [-0.4, -0.2) is 29.2 Å². The smallest absolute Gasteiger partial charge is 0.241 e. The maximum atomic E-state index is 12.5. The van der Waals surface area contributed by atoms with E-state index < -0.39 is 10.0 Å². The Morgan fingerprint density at radius 1 is 1.12 bits per heavy atom. The Hall–Kier alpha value is -1.28. The molecule has 0 spiro atoms. The minimum atomic E-state index is -3.69. The molecule has 130 valence electrons. The number of methoxy groups -OCH3 is 2. The van der Waals surface area contributed by atoms with Gasteiger partial charge in [0.25, 0.3) is 0 Å². The van der Waals surface area contributed by atoms with Crippen LogP contribution in [0.2, 0.25) is 5.02 Å². The van der Waals surface area contributed by atoms with Crippen LogP contribution in [0.25, 0.3) is 0 Å². The zero-order valence-corrected chi connectivity index (χ0v) is 16.3. The Morgan fingerprint density at radius 3 is 2.42 bits per heavy atom. The fourth-order valence-electron chi connectivity index (χ4n) is 2.14. The van der Waals surface area contributed by atoms with Crippen molar-refractivity contribution in [2.24, 2.45) is 0 Å². The van der Waals surface area contributed by atoms with E-state index in [4.69, 9.17) is 21.1 Å². The molecular formula is C16H17BrClNO4S. The first-order valence-corrected chi connectivity index (χ1v) is 9.68. The lowest BCUT2D eigenvalue weighted by Crippen LogP contribution is -2.26. The van der Waals surface area contributed by atoms with E-state index in [1.807, 2.05) is 18.2 Å². The first-order chi connectivity index (χ1) is 11.4. The van der Waals surface area contributed by atoms with Crippen LogP contribution in [0.1, 0.15) is 5.56 Å². The number of rotatable bonds is 7. The summed E-state index contributed by atoms with van der Waals surface area (Å²) in [5.74, 6) is 0.790. The van der Waals surface area contributed by atoms with E-state index in [2.05, 4.69) is 20.7 Å². The Morgan fingerprint density at radius 2 is 1.79 bits per heavy atom. The summed E-state index contributed by atoms with van der Waals surface area (Å²) in [5.41, 5.74) is 0.955. The highest BCUT2D eigenvalue weighted by Crippen LogP contribution is 2.35. The molecular weight excluding hydrogens is 418 g/mol. The molecule has 2 rings (SSSR count). The third kappa shape index (κ3) is 4.63. The first kappa shape index (κ1) is 19.1. The molecule has 24 heavy (non-hydrogen) atoms. The van der Waals surface area contributed by atoms with Gasteiger partial charge in [-0.05, 0) is 46.1 Å².